The molecule has 1 aliphatic heterocycles. The number of hydrogen-bond donors (Lipinski definition) is 0. The van der Waals surface area contributed by atoms with Crippen molar-refractivity contribution in [3.8, 4) is 11.5 Å². The van der Waals surface area contributed by atoms with Crippen LogP contribution in [0.5, 0.6) is 11.5 Å². The quantitative estimate of drug-likeness (QED) is 0.739. The Balaban J connectivity index is 1.58. The topological polar surface area (TPSA) is 52.9 Å². The van der Waals surface area contributed by atoms with Crippen molar-refractivity contribution in [3.63, 3.8) is 0 Å². The summed E-state index contributed by atoms with van der Waals surface area (Å²) in [5, 5.41) is 4.73. The summed E-state index contributed by atoms with van der Waals surface area (Å²) >= 11 is 1.52. The molecular formula is C16H13F3N2O3S. The summed E-state index contributed by atoms with van der Waals surface area (Å²) in [7, 11) is 0. The second-order valence-electron chi connectivity index (χ2n) is 5.04. The molecule has 5 nitrogen and oxygen atoms in total. The molecule has 0 N–H and O–H groups in total. The van der Waals surface area contributed by atoms with E-state index in [1.807, 2.05) is 12.3 Å². The van der Waals surface area contributed by atoms with Crippen LogP contribution in [0.1, 0.15) is 18.1 Å². The minimum atomic E-state index is -4.71. The monoisotopic (exact) mass is 370 g/mol. The van der Waals surface area contributed by atoms with Crippen LogP contribution in [0.15, 0.2) is 52.8 Å². The molecule has 0 spiro atoms. The predicted octanol–water partition coefficient (Wildman–Crippen LogP) is 4.56. The zero-order valence-electron chi connectivity index (χ0n) is 13.0. The molecule has 0 aliphatic carbocycles. The highest BCUT2D eigenvalue weighted by atomic mass is 32.2. The van der Waals surface area contributed by atoms with Gasteiger partial charge in [0.2, 0.25) is 5.90 Å². The van der Waals surface area contributed by atoms with Gasteiger partial charge in [0, 0.05) is 0 Å². The van der Waals surface area contributed by atoms with Crippen molar-refractivity contribution in [1.82, 2.24) is 4.98 Å². The normalized spacial score (nSPS) is 17.0. The molecule has 1 atom stereocenters. The summed E-state index contributed by atoms with van der Waals surface area (Å²) in [6.07, 6.45) is -1.26. The number of pyridine rings is 1. The third-order valence-electron chi connectivity index (χ3n) is 3.28. The summed E-state index contributed by atoms with van der Waals surface area (Å²) in [6.45, 7) is 0. The van der Waals surface area contributed by atoms with E-state index < -0.39 is 12.5 Å². The Kier molecular flexibility index (Phi) is 5.03. The van der Waals surface area contributed by atoms with Crippen molar-refractivity contribution in [2.75, 3.05) is 6.26 Å². The number of alkyl halides is 3. The highest BCUT2D eigenvalue weighted by Crippen LogP contribution is 2.30. The van der Waals surface area contributed by atoms with E-state index in [0.717, 1.165) is 5.03 Å². The molecule has 0 saturated heterocycles. The molecule has 25 heavy (non-hydrogen) atoms. The van der Waals surface area contributed by atoms with Gasteiger partial charge in [-0.3, -0.25) is 0 Å². The van der Waals surface area contributed by atoms with E-state index >= 15 is 0 Å². The maximum atomic E-state index is 12.2. The Labute approximate surface area is 145 Å². The molecule has 132 valence electrons. The Hall–Kier alpha value is -2.42. The third-order valence-corrected chi connectivity index (χ3v) is 3.94. The van der Waals surface area contributed by atoms with Crippen molar-refractivity contribution in [2.24, 2.45) is 5.16 Å². The van der Waals surface area contributed by atoms with Crippen LogP contribution in [0.4, 0.5) is 13.2 Å². The molecule has 1 aromatic heterocycles. The van der Waals surface area contributed by atoms with Crippen LogP contribution < -0.4 is 9.47 Å². The molecule has 0 unspecified atom stereocenters. The average Bonchev–Trinajstić information content (AvgIpc) is 3.03. The van der Waals surface area contributed by atoms with Crippen molar-refractivity contribution in [1.29, 1.82) is 0 Å². The molecule has 2 heterocycles. The van der Waals surface area contributed by atoms with Crippen LogP contribution >= 0.6 is 11.8 Å². The lowest BCUT2D eigenvalue weighted by molar-refractivity contribution is -0.274. The predicted molar refractivity (Wildman–Crippen MR) is 85.6 cm³/mol. The van der Waals surface area contributed by atoms with Gasteiger partial charge < -0.3 is 14.3 Å². The van der Waals surface area contributed by atoms with E-state index in [0.29, 0.717) is 23.6 Å². The SMILES string of the molecule is CSc1ccc(OC2=NO[C@H](c3ccc(OC(F)(F)F)cc3)C2)cn1. The van der Waals surface area contributed by atoms with Crippen molar-refractivity contribution in [3.05, 3.63) is 48.2 Å². The number of oxime groups is 1. The summed E-state index contributed by atoms with van der Waals surface area (Å²) in [5.74, 6) is 0.626. The fourth-order valence-electron chi connectivity index (χ4n) is 2.16. The molecule has 0 radical (unpaired) electrons. The second kappa shape index (κ2) is 7.22. The van der Waals surface area contributed by atoms with Gasteiger partial charge in [0.25, 0.3) is 0 Å². The smallest absolute Gasteiger partial charge is 0.438 e. The van der Waals surface area contributed by atoms with E-state index in [1.165, 1.54) is 36.0 Å². The van der Waals surface area contributed by atoms with Gasteiger partial charge in [0.1, 0.15) is 11.5 Å². The maximum absolute atomic E-state index is 12.2. The van der Waals surface area contributed by atoms with Gasteiger partial charge in [0.05, 0.1) is 17.6 Å². The molecular weight excluding hydrogens is 357 g/mol. The molecule has 3 rings (SSSR count). The fourth-order valence-corrected chi connectivity index (χ4v) is 2.52. The molecule has 1 aromatic carbocycles. The molecule has 0 fully saturated rings. The number of aromatic nitrogens is 1. The van der Waals surface area contributed by atoms with Gasteiger partial charge in [-0.15, -0.1) is 24.9 Å². The van der Waals surface area contributed by atoms with E-state index in [2.05, 4.69) is 14.9 Å². The first-order chi connectivity index (χ1) is 11.9. The van der Waals surface area contributed by atoms with Gasteiger partial charge in [-0.2, -0.15) is 0 Å². The Morgan fingerprint density at radius 1 is 1.12 bits per heavy atom. The molecule has 2 aromatic rings. The zero-order chi connectivity index (χ0) is 17.9. The largest absolute Gasteiger partial charge is 0.573 e. The molecule has 0 saturated carbocycles. The third kappa shape index (κ3) is 4.79. The first-order valence-corrected chi connectivity index (χ1v) is 8.42. The number of nitrogens with zero attached hydrogens (tertiary/aromatic N) is 2. The second-order valence-corrected chi connectivity index (χ2v) is 5.86. The van der Waals surface area contributed by atoms with Gasteiger partial charge in [-0.1, -0.05) is 17.3 Å². The molecule has 0 bridgehead atoms. The van der Waals surface area contributed by atoms with Gasteiger partial charge in [-0.05, 0) is 36.1 Å². The number of halogens is 3. The minimum absolute atomic E-state index is 0.286. The highest BCUT2D eigenvalue weighted by molar-refractivity contribution is 7.98. The van der Waals surface area contributed by atoms with Gasteiger partial charge >= 0.3 is 6.36 Å². The van der Waals surface area contributed by atoms with E-state index in [9.17, 15) is 13.2 Å². The van der Waals surface area contributed by atoms with Crippen LogP contribution in [-0.2, 0) is 4.84 Å². The van der Waals surface area contributed by atoms with Crippen molar-refractivity contribution >= 4 is 17.7 Å². The van der Waals surface area contributed by atoms with E-state index in [-0.39, 0.29) is 5.75 Å². The Morgan fingerprint density at radius 3 is 2.44 bits per heavy atom. The first kappa shape index (κ1) is 17.4. The number of thioether (sulfide) groups is 1. The Morgan fingerprint density at radius 2 is 1.84 bits per heavy atom. The van der Waals surface area contributed by atoms with Gasteiger partial charge in [-0.25, -0.2) is 4.98 Å². The van der Waals surface area contributed by atoms with E-state index in [4.69, 9.17) is 9.57 Å². The summed E-state index contributed by atoms with van der Waals surface area (Å²) < 4.78 is 45.9. The Bertz CT molecular complexity index is 749. The zero-order valence-corrected chi connectivity index (χ0v) is 13.8. The van der Waals surface area contributed by atoms with E-state index in [1.54, 1.807) is 12.3 Å². The lowest BCUT2D eigenvalue weighted by Crippen LogP contribution is -2.17. The minimum Gasteiger partial charge on any atom is -0.438 e. The van der Waals surface area contributed by atoms with Crippen LogP contribution in [0.25, 0.3) is 0 Å². The van der Waals surface area contributed by atoms with Crippen molar-refractivity contribution < 1.29 is 27.5 Å². The summed E-state index contributed by atoms with van der Waals surface area (Å²) in [4.78, 5) is 9.48. The van der Waals surface area contributed by atoms with Crippen molar-refractivity contribution in [2.45, 2.75) is 23.9 Å². The average molecular weight is 370 g/mol. The summed E-state index contributed by atoms with van der Waals surface area (Å²) in [6, 6.07) is 9.06. The first-order valence-electron chi connectivity index (χ1n) is 7.19. The van der Waals surface area contributed by atoms with Crippen LogP contribution in [0, 0.1) is 0 Å². The summed E-state index contributed by atoms with van der Waals surface area (Å²) in [5.41, 5.74) is 0.674. The number of hydrogen-bond acceptors (Lipinski definition) is 6. The van der Waals surface area contributed by atoms with Crippen LogP contribution in [-0.4, -0.2) is 23.5 Å². The number of ether oxygens (including phenoxy) is 2. The standard InChI is InChI=1S/C16H13F3N2O3S/c1-25-15-7-6-12(9-20-15)22-14-8-13(24-21-14)10-2-4-11(5-3-10)23-16(17,18)19/h2-7,9,13H,8H2,1H3/t13-/m0/s1. The molecule has 0 amide bonds. The lowest BCUT2D eigenvalue weighted by atomic mass is 10.1. The number of benzene rings is 1. The molecule has 1 aliphatic rings. The maximum Gasteiger partial charge on any atom is 0.573 e. The van der Waals surface area contributed by atoms with Crippen LogP contribution in [0.2, 0.25) is 0 Å². The molecule has 9 heteroatoms. The fraction of sp³-hybridized carbons (Fsp3) is 0.250. The van der Waals surface area contributed by atoms with Crippen LogP contribution in [0.3, 0.4) is 0 Å². The highest BCUT2D eigenvalue weighted by Gasteiger charge is 2.31. The lowest BCUT2D eigenvalue weighted by Gasteiger charge is -2.11. The van der Waals surface area contributed by atoms with Gasteiger partial charge in [0.15, 0.2) is 6.10 Å². The number of rotatable bonds is 4.